The molecule has 0 unspecified atom stereocenters. The van der Waals surface area contributed by atoms with Gasteiger partial charge in [0, 0.05) is 19.3 Å². The van der Waals surface area contributed by atoms with Gasteiger partial charge in [-0.25, -0.2) is 4.98 Å². The van der Waals surface area contributed by atoms with Crippen molar-refractivity contribution in [1.82, 2.24) is 4.98 Å². The summed E-state index contributed by atoms with van der Waals surface area (Å²) in [6.45, 7) is 4.00. The van der Waals surface area contributed by atoms with Gasteiger partial charge < -0.3 is 15.1 Å². The number of aromatic nitrogens is 1. The van der Waals surface area contributed by atoms with Crippen molar-refractivity contribution in [2.24, 2.45) is 5.73 Å². The first kappa shape index (κ1) is 12.9. The number of hydrogen-bond donors (Lipinski definition) is 1. The summed E-state index contributed by atoms with van der Waals surface area (Å²) in [6.07, 6.45) is 3.31. The second kappa shape index (κ2) is 5.89. The van der Waals surface area contributed by atoms with Crippen molar-refractivity contribution in [2.45, 2.75) is 20.0 Å². The molecule has 0 amide bonds. The Kier molecular flexibility index (Phi) is 4.23. The molecular weight excluding hydrogens is 250 g/mol. The van der Waals surface area contributed by atoms with Crippen LogP contribution in [0.1, 0.15) is 18.2 Å². The molecule has 0 saturated carbocycles. The molecule has 96 valence electrons. The highest BCUT2D eigenvalue weighted by molar-refractivity contribution is 6.31. The summed E-state index contributed by atoms with van der Waals surface area (Å²) in [4.78, 5) is 6.44. The number of hydrogen-bond acceptors (Lipinski definition) is 4. The second-order valence-corrected chi connectivity index (χ2v) is 4.34. The van der Waals surface area contributed by atoms with Crippen molar-refractivity contribution in [3.63, 3.8) is 0 Å². The maximum atomic E-state index is 6.01. The lowest BCUT2D eigenvalue weighted by molar-refractivity contribution is 0.503. The Morgan fingerprint density at radius 1 is 1.50 bits per heavy atom. The van der Waals surface area contributed by atoms with Gasteiger partial charge in [0.15, 0.2) is 0 Å². The lowest BCUT2D eigenvalue weighted by Crippen LogP contribution is -2.23. The van der Waals surface area contributed by atoms with E-state index >= 15 is 0 Å². The number of anilines is 1. The van der Waals surface area contributed by atoms with E-state index < -0.39 is 0 Å². The minimum Gasteiger partial charge on any atom is -0.467 e. The van der Waals surface area contributed by atoms with E-state index in [-0.39, 0.29) is 0 Å². The highest BCUT2D eigenvalue weighted by atomic mass is 35.5. The van der Waals surface area contributed by atoms with Gasteiger partial charge in [-0.2, -0.15) is 0 Å². The monoisotopic (exact) mass is 265 g/mol. The summed E-state index contributed by atoms with van der Waals surface area (Å²) in [5.74, 6) is 1.77. The summed E-state index contributed by atoms with van der Waals surface area (Å²) < 4.78 is 5.35. The zero-order chi connectivity index (χ0) is 13.0. The molecule has 2 aromatic rings. The second-order valence-electron chi connectivity index (χ2n) is 3.93. The van der Waals surface area contributed by atoms with Crippen molar-refractivity contribution in [2.75, 3.05) is 11.4 Å². The molecule has 0 saturated heterocycles. The van der Waals surface area contributed by atoms with Gasteiger partial charge in [-0.05, 0) is 30.7 Å². The van der Waals surface area contributed by atoms with E-state index in [0.29, 0.717) is 18.1 Å². The lowest BCUT2D eigenvalue weighted by Gasteiger charge is -2.21. The molecule has 0 aliphatic heterocycles. The van der Waals surface area contributed by atoms with Gasteiger partial charge in [0.05, 0.1) is 17.8 Å². The Labute approximate surface area is 111 Å². The molecule has 18 heavy (non-hydrogen) atoms. The topological polar surface area (TPSA) is 55.3 Å². The van der Waals surface area contributed by atoms with Crippen LogP contribution in [0.3, 0.4) is 0 Å². The van der Waals surface area contributed by atoms with E-state index in [1.807, 2.05) is 18.2 Å². The van der Waals surface area contributed by atoms with Crippen molar-refractivity contribution in [3.8, 4) is 0 Å². The molecule has 2 aromatic heterocycles. The Bertz CT molecular complexity index is 499. The Balaban J connectivity index is 2.21. The van der Waals surface area contributed by atoms with Gasteiger partial charge in [-0.3, -0.25) is 0 Å². The molecule has 0 radical (unpaired) electrons. The van der Waals surface area contributed by atoms with E-state index in [4.69, 9.17) is 21.8 Å². The quantitative estimate of drug-likeness (QED) is 0.903. The Hall–Kier alpha value is -1.52. The highest BCUT2D eigenvalue weighted by Gasteiger charge is 2.10. The molecule has 2 N–H and O–H groups in total. The first-order valence-electron chi connectivity index (χ1n) is 5.86. The van der Waals surface area contributed by atoms with Gasteiger partial charge in [0.2, 0.25) is 0 Å². The van der Waals surface area contributed by atoms with E-state index in [2.05, 4.69) is 16.8 Å². The fourth-order valence-electron chi connectivity index (χ4n) is 1.74. The van der Waals surface area contributed by atoms with Gasteiger partial charge in [-0.15, -0.1) is 0 Å². The van der Waals surface area contributed by atoms with Crippen LogP contribution >= 0.6 is 11.6 Å². The molecule has 0 bridgehead atoms. The average molecular weight is 266 g/mol. The lowest BCUT2D eigenvalue weighted by atomic mass is 10.2. The smallest absolute Gasteiger partial charge is 0.129 e. The molecule has 0 aliphatic carbocycles. The van der Waals surface area contributed by atoms with E-state index in [0.717, 1.165) is 23.7 Å². The maximum absolute atomic E-state index is 6.01. The molecule has 4 nitrogen and oxygen atoms in total. The SMILES string of the molecule is CCN(Cc1ccco1)c1cc(CN)c(Cl)cn1. The standard InChI is InChI=1S/C13H16ClN3O/c1-2-17(9-11-4-3-5-18-11)13-6-10(7-15)12(14)8-16-13/h3-6,8H,2,7,9,15H2,1H3. The first-order valence-corrected chi connectivity index (χ1v) is 6.24. The summed E-state index contributed by atoms with van der Waals surface area (Å²) >= 11 is 6.01. The van der Waals surface area contributed by atoms with Gasteiger partial charge >= 0.3 is 0 Å². The molecule has 0 fully saturated rings. The number of nitrogens with zero attached hydrogens (tertiary/aromatic N) is 2. The van der Waals surface area contributed by atoms with Gasteiger partial charge in [-0.1, -0.05) is 11.6 Å². The normalized spacial score (nSPS) is 10.6. The predicted octanol–water partition coefficient (Wildman–Crippen LogP) is 2.81. The first-order chi connectivity index (χ1) is 8.74. The third-order valence-corrected chi connectivity index (χ3v) is 3.11. The molecule has 0 aliphatic rings. The minimum atomic E-state index is 0.409. The fraction of sp³-hybridized carbons (Fsp3) is 0.308. The number of nitrogens with two attached hydrogens (primary N) is 1. The summed E-state index contributed by atoms with van der Waals surface area (Å²) in [5, 5.41) is 0.607. The average Bonchev–Trinajstić information content (AvgIpc) is 2.89. The van der Waals surface area contributed by atoms with Crippen LogP contribution in [0.25, 0.3) is 0 Å². The van der Waals surface area contributed by atoms with Crippen LogP contribution < -0.4 is 10.6 Å². The molecule has 5 heteroatoms. The van der Waals surface area contributed by atoms with Crippen LogP contribution in [0.15, 0.2) is 35.1 Å². The van der Waals surface area contributed by atoms with Crippen LogP contribution in [0.4, 0.5) is 5.82 Å². The minimum absolute atomic E-state index is 0.409. The van der Waals surface area contributed by atoms with Gasteiger partial charge in [0.25, 0.3) is 0 Å². The molecule has 2 rings (SSSR count). The van der Waals surface area contributed by atoms with E-state index in [1.54, 1.807) is 12.5 Å². The van der Waals surface area contributed by atoms with Crippen LogP contribution in [0.2, 0.25) is 5.02 Å². The Morgan fingerprint density at radius 2 is 2.33 bits per heavy atom. The van der Waals surface area contributed by atoms with Crippen molar-refractivity contribution < 1.29 is 4.42 Å². The third-order valence-electron chi connectivity index (χ3n) is 2.77. The zero-order valence-corrected chi connectivity index (χ0v) is 11.0. The van der Waals surface area contributed by atoms with Crippen LogP contribution in [-0.4, -0.2) is 11.5 Å². The maximum Gasteiger partial charge on any atom is 0.129 e. The van der Waals surface area contributed by atoms with E-state index in [1.165, 1.54) is 0 Å². The highest BCUT2D eigenvalue weighted by Crippen LogP contribution is 2.21. The van der Waals surface area contributed by atoms with Crippen LogP contribution in [-0.2, 0) is 13.1 Å². The van der Waals surface area contributed by atoms with Crippen molar-refractivity contribution in [3.05, 3.63) is 47.0 Å². The summed E-state index contributed by atoms with van der Waals surface area (Å²) in [7, 11) is 0. The van der Waals surface area contributed by atoms with Crippen LogP contribution in [0.5, 0.6) is 0 Å². The molecule has 0 atom stereocenters. The molecule has 0 aromatic carbocycles. The molecular formula is C13H16ClN3O. The predicted molar refractivity (Wildman–Crippen MR) is 72.6 cm³/mol. The largest absolute Gasteiger partial charge is 0.467 e. The summed E-state index contributed by atoms with van der Waals surface area (Å²) in [5.41, 5.74) is 6.55. The molecule has 2 heterocycles. The van der Waals surface area contributed by atoms with Crippen molar-refractivity contribution in [1.29, 1.82) is 0 Å². The number of pyridine rings is 1. The number of furan rings is 1. The van der Waals surface area contributed by atoms with E-state index in [9.17, 15) is 0 Å². The number of rotatable bonds is 5. The Morgan fingerprint density at radius 3 is 2.94 bits per heavy atom. The van der Waals surface area contributed by atoms with Crippen LogP contribution in [0, 0.1) is 0 Å². The molecule has 0 spiro atoms. The van der Waals surface area contributed by atoms with Gasteiger partial charge in [0.1, 0.15) is 11.6 Å². The third kappa shape index (κ3) is 2.83. The van der Waals surface area contributed by atoms with Crippen molar-refractivity contribution >= 4 is 17.4 Å². The zero-order valence-electron chi connectivity index (χ0n) is 10.3. The summed E-state index contributed by atoms with van der Waals surface area (Å²) in [6, 6.07) is 5.75. The fourth-order valence-corrected chi connectivity index (χ4v) is 1.92. The number of halogens is 1.